The Balaban J connectivity index is 2.90. The summed E-state index contributed by atoms with van der Waals surface area (Å²) in [6, 6.07) is 8.38. The van der Waals surface area contributed by atoms with E-state index >= 15 is 0 Å². The van der Waals surface area contributed by atoms with Crippen LogP contribution < -0.4 is 0 Å². The van der Waals surface area contributed by atoms with Gasteiger partial charge in [0.25, 0.3) is 0 Å². The van der Waals surface area contributed by atoms with Crippen LogP contribution in [0, 0.1) is 5.92 Å². The molecular weight excluding hydrogens is 260 g/mol. The van der Waals surface area contributed by atoms with Gasteiger partial charge in [0, 0.05) is 0 Å². The zero-order valence-electron chi connectivity index (χ0n) is 12.1. The maximum absolute atomic E-state index is 11.9. The minimum Gasteiger partial charge on any atom is -0.467 e. The molecule has 0 aliphatic rings. The normalized spacial score (nSPS) is 15.3. The van der Waals surface area contributed by atoms with Crippen LogP contribution in [0.1, 0.15) is 31.1 Å². The molecule has 5 nitrogen and oxygen atoms in total. The quantitative estimate of drug-likeness (QED) is 0.832. The summed E-state index contributed by atoms with van der Waals surface area (Å²) in [7, 11) is 1.18. The van der Waals surface area contributed by atoms with Crippen LogP contribution in [0.4, 0.5) is 0 Å². The predicted octanol–water partition coefficient (Wildman–Crippen LogP) is 1.79. The van der Waals surface area contributed by atoms with E-state index in [1.54, 1.807) is 44.2 Å². The lowest BCUT2D eigenvalue weighted by Gasteiger charge is -2.34. The van der Waals surface area contributed by atoms with Gasteiger partial charge < -0.3 is 14.6 Å². The number of hydrogen-bond donors (Lipinski definition) is 1. The lowest BCUT2D eigenvalue weighted by atomic mass is 9.85. The van der Waals surface area contributed by atoms with Gasteiger partial charge in [-0.2, -0.15) is 0 Å². The second-order valence-electron chi connectivity index (χ2n) is 4.89. The molecule has 0 fully saturated rings. The third-order valence-corrected chi connectivity index (χ3v) is 3.31. The maximum Gasteiger partial charge on any atom is 0.342 e. The number of carbonyl (C=O) groups excluding carboxylic acids is 2. The molecule has 1 rings (SSSR count). The average molecular weight is 280 g/mol. The van der Waals surface area contributed by atoms with E-state index in [2.05, 4.69) is 4.74 Å². The second-order valence-corrected chi connectivity index (χ2v) is 4.89. The van der Waals surface area contributed by atoms with Crippen molar-refractivity contribution >= 4 is 11.9 Å². The van der Waals surface area contributed by atoms with Crippen molar-refractivity contribution in [1.29, 1.82) is 0 Å². The molecule has 1 N–H and O–H groups in total. The summed E-state index contributed by atoms with van der Waals surface area (Å²) in [5.41, 5.74) is -1.52. The van der Waals surface area contributed by atoms with Gasteiger partial charge in [0.05, 0.1) is 12.7 Å². The van der Waals surface area contributed by atoms with Crippen molar-refractivity contribution in [1.82, 2.24) is 0 Å². The Kier molecular flexibility index (Phi) is 5.27. The molecular formula is C15H20O5. The molecule has 0 spiro atoms. The van der Waals surface area contributed by atoms with E-state index in [4.69, 9.17) is 4.74 Å². The van der Waals surface area contributed by atoms with Gasteiger partial charge in [-0.15, -0.1) is 0 Å². The van der Waals surface area contributed by atoms with Crippen LogP contribution in [0.5, 0.6) is 0 Å². The van der Waals surface area contributed by atoms with Crippen LogP contribution in [0.2, 0.25) is 0 Å². The molecule has 0 aliphatic carbocycles. The van der Waals surface area contributed by atoms with Gasteiger partial charge in [0.2, 0.25) is 5.60 Å². The van der Waals surface area contributed by atoms with Crippen LogP contribution >= 0.6 is 0 Å². The van der Waals surface area contributed by atoms with Gasteiger partial charge >= 0.3 is 11.9 Å². The monoisotopic (exact) mass is 280 g/mol. The van der Waals surface area contributed by atoms with E-state index in [0.29, 0.717) is 5.56 Å². The van der Waals surface area contributed by atoms with E-state index in [1.807, 2.05) is 0 Å². The standard InChI is InChI=1S/C15H20O5/c1-10(2)15(18,14(17)19-4)11(3)20-13(16)12-8-6-5-7-9-12/h5-11,18H,1-4H3/t11-,15-/m0/s1. The van der Waals surface area contributed by atoms with E-state index in [1.165, 1.54) is 14.0 Å². The molecule has 1 aromatic carbocycles. The van der Waals surface area contributed by atoms with Gasteiger partial charge in [0.1, 0.15) is 6.10 Å². The molecule has 2 atom stereocenters. The van der Waals surface area contributed by atoms with Gasteiger partial charge in [-0.25, -0.2) is 9.59 Å². The van der Waals surface area contributed by atoms with Crippen molar-refractivity contribution in [2.24, 2.45) is 5.92 Å². The number of esters is 2. The molecule has 0 radical (unpaired) electrons. The summed E-state index contributed by atoms with van der Waals surface area (Å²) in [5, 5.41) is 10.5. The number of benzene rings is 1. The van der Waals surface area contributed by atoms with Crippen LogP contribution in [-0.4, -0.2) is 35.9 Å². The first kappa shape index (κ1) is 16.2. The molecule has 110 valence electrons. The van der Waals surface area contributed by atoms with Crippen LogP contribution in [0.25, 0.3) is 0 Å². The molecule has 0 amide bonds. The number of ether oxygens (including phenoxy) is 2. The third kappa shape index (κ3) is 3.17. The van der Waals surface area contributed by atoms with Crippen molar-refractivity contribution in [2.45, 2.75) is 32.5 Å². The number of rotatable bonds is 5. The molecule has 1 aromatic rings. The topological polar surface area (TPSA) is 72.8 Å². The van der Waals surface area contributed by atoms with Gasteiger partial charge in [-0.3, -0.25) is 0 Å². The minimum atomic E-state index is -1.88. The number of methoxy groups -OCH3 is 1. The highest BCUT2D eigenvalue weighted by molar-refractivity contribution is 5.90. The van der Waals surface area contributed by atoms with Crippen molar-refractivity contribution in [2.75, 3.05) is 7.11 Å². The summed E-state index contributed by atoms with van der Waals surface area (Å²) in [5.74, 6) is -1.88. The van der Waals surface area contributed by atoms with E-state index in [0.717, 1.165) is 0 Å². The lowest BCUT2D eigenvalue weighted by Crippen LogP contribution is -2.54. The molecule has 0 bridgehead atoms. The molecule has 0 unspecified atom stereocenters. The van der Waals surface area contributed by atoms with Gasteiger partial charge in [-0.05, 0) is 25.0 Å². The Morgan fingerprint density at radius 1 is 1.15 bits per heavy atom. The summed E-state index contributed by atoms with van der Waals surface area (Å²) >= 11 is 0. The Hall–Kier alpha value is -1.88. The van der Waals surface area contributed by atoms with Crippen molar-refractivity contribution in [3.05, 3.63) is 35.9 Å². The highest BCUT2D eigenvalue weighted by Gasteiger charge is 2.48. The highest BCUT2D eigenvalue weighted by atomic mass is 16.6. The fourth-order valence-corrected chi connectivity index (χ4v) is 1.93. The summed E-state index contributed by atoms with van der Waals surface area (Å²) < 4.78 is 9.80. The Morgan fingerprint density at radius 2 is 1.70 bits per heavy atom. The second kappa shape index (κ2) is 6.52. The van der Waals surface area contributed by atoms with Crippen LogP contribution in [0.15, 0.2) is 30.3 Å². The average Bonchev–Trinajstić information content (AvgIpc) is 2.45. The number of aliphatic hydroxyl groups is 1. The molecule has 5 heteroatoms. The Morgan fingerprint density at radius 3 is 2.15 bits per heavy atom. The van der Waals surface area contributed by atoms with E-state index < -0.39 is 29.6 Å². The van der Waals surface area contributed by atoms with Crippen LogP contribution in [-0.2, 0) is 14.3 Å². The highest BCUT2D eigenvalue weighted by Crippen LogP contribution is 2.26. The zero-order valence-corrected chi connectivity index (χ0v) is 12.1. The SMILES string of the molecule is COC(=O)[C@](O)(C(C)C)[C@H](C)OC(=O)c1ccccc1. The fourth-order valence-electron chi connectivity index (χ4n) is 1.93. The largest absolute Gasteiger partial charge is 0.467 e. The Labute approximate surface area is 118 Å². The first-order valence-corrected chi connectivity index (χ1v) is 6.40. The zero-order chi connectivity index (χ0) is 15.3. The van der Waals surface area contributed by atoms with Crippen molar-refractivity contribution < 1.29 is 24.2 Å². The van der Waals surface area contributed by atoms with Gasteiger partial charge in [-0.1, -0.05) is 32.0 Å². The third-order valence-electron chi connectivity index (χ3n) is 3.31. The van der Waals surface area contributed by atoms with Crippen molar-refractivity contribution in [3.8, 4) is 0 Å². The minimum absolute atomic E-state index is 0.357. The van der Waals surface area contributed by atoms with Gasteiger partial charge in [0.15, 0.2) is 0 Å². The molecule has 0 heterocycles. The number of hydrogen-bond acceptors (Lipinski definition) is 5. The summed E-state index contributed by atoms with van der Waals surface area (Å²) in [4.78, 5) is 23.7. The number of carbonyl (C=O) groups is 2. The molecule has 0 saturated heterocycles. The van der Waals surface area contributed by atoms with E-state index in [-0.39, 0.29) is 0 Å². The summed E-state index contributed by atoms with van der Waals surface area (Å²) in [6.45, 7) is 4.78. The molecule has 0 saturated carbocycles. The first-order chi connectivity index (χ1) is 9.33. The summed E-state index contributed by atoms with van der Waals surface area (Å²) in [6.07, 6.45) is -1.03. The van der Waals surface area contributed by atoms with Crippen molar-refractivity contribution in [3.63, 3.8) is 0 Å². The first-order valence-electron chi connectivity index (χ1n) is 6.40. The Bertz CT molecular complexity index is 468. The van der Waals surface area contributed by atoms with Crippen LogP contribution in [0.3, 0.4) is 0 Å². The lowest BCUT2D eigenvalue weighted by molar-refractivity contribution is -0.181. The van der Waals surface area contributed by atoms with E-state index in [9.17, 15) is 14.7 Å². The molecule has 0 aliphatic heterocycles. The predicted molar refractivity (Wildman–Crippen MR) is 73.1 cm³/mol. The molecule has 20 heavy (non-hydrogen) atoms. The maximum atomic E-state index is 11.9. The fraction of sp³-hybridized carbons (Fsp3) is 0.467. The smallest absolute Gasteiger partial charge is 0.342 e. The molecule has 0 aromatic heterocycles.